The van der Waals surface area contributed by atoms with Crippen molar-refractivity contribution in [3.8, 4) is 0 Å². The largest absolute Gasteiger partial charge is 0.480 e. The first kappa shape index (κ1) is 69.1. The number of pyridine rings is 6. The Bertz CT molecular complexity index is 5060. The number of anilines is 8. The molecule has 0 radical (unpaired) electrons. The van der Waals surface area contributed by atoms with Crippen molar-refractivity contribution in [2.75, 3.05) is 86.6 Å². The summed E-state index contributed by atoms with van der Waals surface area (Å²) in [5, 5.41) is 20.4. The highest BCUT2D eigenvalue weighted by Gasteiger charge is 2.24. The summed E-state index contributed by atoms with van der Waals surface area (Å²) in [5.74, 6) is -1.78. The Kier molecular flexibility index (Phi) is 22.3. The molecule has 0 saturated heterocycles. The summed E-state index contributed by atoms with van der Waals surface area (Å²) >= 11 is 22.8. The Morgan fingerprint density at radius 3 is 1.15 bits per heavy atom. The van der Waals surface area contributed by atoms with Gasteiger partial charge in [0.05, 0.1) is 108 Å². The van der Waals surface area contributed by atoms with Gasteiger partial charge in [-0.2, -0.15) is 0 Å². The summed E-state index contributed by atoms with van der Waals surface area (Å²) < 4.78 is 16.4. The number of carboxylic acid groups (broad SMARTS) is 1. The third-order valence-corrected chi connectivity index (χ3v) is 16.2. The second-order valence-corrected chi connectivity index (χ2v) is 24.1. The molecule has 0 aliphatic rings. The number of nitrogens with one attached hydrogen (secondary N) is 2. The normalized spacial score (nSPS) is 10.9. The number of aromatic nitrogens is 6. The zero-order valence-electron chi connectivity index (χ0n) is 53.0. The number of hydrogen-bond donors (Lipinski definition) is 4. The van der Waals surface area contributed by atoms with E-state index < -0.39 is 11.9 Å². The summed E-state index contributed by atoms with van der Waals surface area (Å²) in [6.07, 6.45) is 10.1. The van der Waals surface area contributed by atoms with E-state index in [1.54, 1.807) is 163 Å². The molecular formula is C70H66BrCl3N12O9. The number of fused-ring (bicyclic) bond motifs is 6. The van der Waals surface area contributed by atoms with Crippen LogP contribution in [-0.4, -0.2) is 107 Å². The Morgan fingerprint density at radius 2 is 0.832 bits per heavy atom. The van der Waals surface area contributed by atoms with Gasteiger partial charge in [0.15, 0.2) is 16.3 Å². The van der Waals surface area contributed by atoms with E-state index in [1.807, 2.05) is 86.5 Å². The summed E-state index contributed by atoms with van der Waals surface area (Å²) in [4.78, 5) is 93.6. The van der Waals surface area contributed by atoms with Crippen molar-refractivity contribution in [2.45, 2.75) is 33.5 Å². The molecule has 0 aliphatic heterocycles. The predicted octanol–water partition coefficient (Wildman–Crippen LogP) is 13.5. The minimum atomic E-state index is -1.02. The second kappa shape index (κ2) is 30.7. The van der Waals surface area contributed by atoms with Gasteiger partial charge in [0.1, 0.15) is 19.6 Å². The Hall–Kier alpha value is -10.3. The molecule has 0 amide bonds. The molecule has 0 atom stereocenters. The number of carboxylic acids is 1. The Balaban J connectivity index is 0.000000160. The highest BCUT2D eigenvalue weighted by molar-refractivity contribution is 9.10. The van der Waals surface area contributed by atoms with Crippen LogP contribution in [0.3, 0.4) is 0 Å². The number of rotatable bonds is 15. The number of aliphatic carboxylic acids is 1. The van der Waals surface area contributed by atoms with Crippen LogP contribution in [-0.2, 0) is 43.5 Å². The van der Waals surface area contributed by atoms with E-state index in [9.17, 15) is 33.9 Å². The third-order valence-electron chi connectivity index (χ3n) is 14.8. The van der Waals surface area contributed by atoms with Gasteiger partial charge in [-0.25, -0.2) is 0 Å². The topological polar surface area (TPSA) is 254 Å². The molecule has 0 aliphatic carbocycles. The van der Waals surface area contributed by atoms with Crippen LogP contribution < -0.4 is 47.4 Å². The van der Waals surface area contributed by atoms with Gasteiger partial charge in [-0.3, -0.25) is 43.7 Å². The van der Waals surface area contributed by atoms with E-state index in [-0.39, 0.29) is 48.5 Å². The lowest BCUT2D eigenvalue weighted by Gasteiger charge is -2.22. The van der Waals surface area contributed by atoms with Crippen LogP contribution in [0.25, 0.3) is 65.4 Å². The fourth-order valence-corrected chi connectivity index (χ4v) is 12.3. The zero-order chi connectivity index (χ0) is 68.4. The lowest BCUT2D eigenvalue weighted by Crippen LogP contribution is -2.21. The summed E-state index contributed by atoms with van der Waals surface area (Å²) in [6.45, 7) is 3.70. The minimum Gasteiger partial charge on any atom is -0.480 e. The first-order chi connectivity index (χ1) is 45.5. The molecule has 0 bridgehead atoms. The first-order valence-corrected chi connectivity index (χ1v) is 31.5. The molecular weight excluding hydrogens is 1340 g/mol. The van der Waals surface area contributed by atoms with Crippen LogP contribution in [0.5, 0.6) is 0 Å². The molecule has 12 rings (SSSR count). The maximum atomic E-state index is 13.4. The average Bonchev–Trinajstić information content (AvgIpc) is 0.755. The predicted molar refractivity (Wildman–Crippen MR) is 387 cm³/mol. The lowest BCUT2D eigenvalue weighted by molar-refractivity contribution is -0.144. The molecule has 6 aromatic carbocycles. The molecule has 25 heteroatoms. The van der Waals surface area contributed by atoms with Crippen molar-refractivity contribution in [3.63, 3.8) is 0 Å². The van der Waals surface area contributed by atoms with Gasteiger partial charge in [0.2, 0.25) is 0 Å². The molecule has 95 heavy (non-hydrogen) atoms. The van der Waals surface area contributed by atoms with Crippen molar-refractivity contribution >= 4 is 180 Å². The number of nitrogens with two attached hydrogens (primary N) is 1. The number of ether oxygens (including phenoxy) is 2. The molecule has 6 heterocycles. The highest BCUT2D eigenvalue weighted by Crippen LogP contribution is 2.38. The van der Waals surface area contributed by atoms with E-state index in [1.165, 1.54) is 0 Å². The number of halogens is 4. The molecule has 0 spiro atoms. The minimum absolute atomic E-state index is 0.0151. The van der Waals surface area contributed by atoms with Crippen LogP contribution in [0.2, 0.25) is 15.1 Å². The van der Waals surface area contributed by atoms with Crippen molar-refractivity contribution < 1.29 is 29.0 Å². The number of nitrogens with zero attached hydrogens (tertiary/aromatic N) is 9. The molecule has 0 fully saturated rings. The molecule has 12 aromatic rings. The quantitative estimate of drug-likeness (QED) is 0.0550. The number of benzene rings is 6. The van der Waals surface area contributed by atoms with E-state index in [4.69, 9.17) is 50.0 Å². The van der Waals surface area contributed by atoms with E-state index in [0.717, 1.165) is 21.5 Å². The van der Waals surface area contributed by atoms with Gasteiger partial charge in [-0.05, 0) is 141 Å². The second-order valence-electron chi connectivity index (χ2n) is 22.0. The van der Waals surface area contributed by atoms with Gasteiger partial charge in [-0.15, -0.1) is 0 Å². The van der Waals surface area contributed by atoms with Crippen molar-refractivity contribution in [3.05, 3.63) is 215 Å². The number of esters is 2. The highest BCUT2D eigenvalue weighted by atomic mass is 79.9. The van der Waals surface area contributed by atoms with Crippen molar-refractivity contribution in [1.29, 1.82) is 0 Å². The van der Waals surface area contributed by atoms with Crippen molar-refractivity contribution in [1.82, 2.24) is 28.7 Å². The molecule has 6 aromatic heterocycles. The summed E-state index contributed by atoms with van der Waals surface area (Å²) in [5.41, 5.74) is 14.1. The summed E-state index contributed by atoms with van der Waals surface area (Å²) in [7, 11) is 11.0. The van der Waals surface area contributed by atoms with Crippen LogP contribution in [0.4, 0.5) is 45.5 Å². The molecule has 488 valence electrons. The lowest BCUT2D eigenvalue weighted by atomic mass is 10.1. The Labute approximate surface area is 568 Å². The van der Waals surface area contributed by atoms with Crippen LogP contribution in [0.15, 0.2) is 183 Å². The van der Waals surface area contributed by atoms with Gasteiger partial charge in [0, 0.05) is 115 Å². The van der Waals surface area contributed by atoms with Gasteiger partial charge < -0.3 is 59.3 Å². The average molecular weight is 1410 g/mol. The third kappa shape index (κ3) is 15.5. The van der Waals surface area contributed by atoms with Gasteiger partial charge in [-0.1, -0.05) is 50.7 Å². The number of carbonyl (C=O) groups excluding carboxylic acids is 2. The fraction of sp³-hybridized carbons (Fsp3) is 0.186. The van der Waals surface area contributed by atoms with Gasteiger partial charge in [0.25, 0.3) is 0 Å². The smallest absolute Gasteiger partial charge is 0.325 e. The summed E-state index contributed by atoms with van der Waals surface area (Å²) in [6, 6.07) is 37.2. The molecule has 21 nitrogen and oxygen atoms in total. The SMILES string of the molecule is CCOC(=O)Cn1c2cc(Br)ccc2c(=O)c2ccc(Cl)c(N(C)C)c21.CCOC(=O)Cn1c2cc(Nc3cccnc3)ccc2c(=O)c2ccc(Cl)c(N(C)C)c21.CN(C)c1c(Cl)ccc2c(=O)c3ccc(Nc4cccnc4)cc3n(CC(=O)O)c12.Nc1cccnc1. The number of hydrogen-bond acceptors (Lipinski definition) is 17. The number of nitrogen functional groups attached to an aromatic ring is 1. The first-order valence-electron chi connectivity index (χ1n) is 29.6. The van der Waals surface area contributed by atoms with E-state index >= 15 is 0 Å². The van der Waals surface area contributed by atoms with E-state index in [2.05, 4.69) is 41.5 Å². The molecule has 0 saturated carbocycles. The van der Waals surface area contributed by atoms with E-state index in [0.29, 0.717) is 116 Å². The number of carbonyl (C=O) groups is 3. The maximum Gasteiger partial charge on any atom is 0.325 e. The maximum absolute atomic E-state index is 13.4. The van der Waals surface area contributed by atoms with Crippen molar-refractivity contribution in [2.24, 2.45) is 0 Å². The molecule has 5 N–H and O–H groups in total. The standard InChI is InChI=1S/C24H23ClN4O3.C22H19ClN4O3.C19H18BrClN2O3.C5H6N2/c1-4-32-21(30)14-29-20-12-15(27-16-6-5-11-26-13-16)7-8-17(20)24(31)18-9-10-19(25)23(22(18)29)28(2)3;1-26(2)21-17(23)8-7-16-20(21)27(12-19(28)29)18-10-13(5-6-15(18)22(16)30)25-14-4-3-9-24-11-14;1-4-26-16(24)10-23-15-9-11(20)5-6-12(15)19(25)13-7-8-14(21)18(17(13)23)22(2)3;6-5-2-1-3-7-4-5/h5-13,27H,4,14H2,1-3H3;3-11,25H,12H2,1-2H3,(H,28,29);5-9H,4,10H2,1-3H3;1-4H,6H2. The monoisotopic (exact) mass is 1400 g/mol. The molecule has 0 unspecified atom stereocenters. The fourth-order valence-electron chi connectivity index (χ4n) is 11.0. The van der Waals surface area contributed by atoms with Crippen LogP contribution in [0.1, 0.15) is 13.8 Å². The zero-order valence-corrected chi connectivity index (χ0v) is 56.8. The van der Waals surface area contributed by atoms with Crippen LogP contribution >= 0.6 is 50.7 Å². The van der Waals surface area contributed by atoms with Crippen LogP contribution in [0, 0.1) is 0 Å². The van der Waals surface area contributed by atoms with Gasteiger partial charge >= 0.3 is 17.9 Å². The Morgan fingerprint density at radius 1 is 0.484 bits per heavy atom.